The molecule has 3 aromatic carbocycles. The summed E-state index contributed by atoms with van der Waals surface area (Å²) < 4.78 is 2.22. The van der Waals surface area contributed by atoms with Crippen LogP contribution in [-0.2, 0) is 7.05 Å². The van der Waals surface area contributed by atoms with Gasteiger partial charge in [-0.1, -0.05) is 48.5 Å². The first-order chi connectivity index (χ1) is 10.7. The van der Waals surface area contributed by atoms with E-state index in [2.05, 4.69) is 91.5 Å². The van der Waals surface area contributed by atoms with E-state index in [4.69, 9.17) is 0 Å². The van der Waals surface area contributed by atoms with Gasteiger partial charge in [-0.25, -0.2) is 4.57 Å². The number of hydrogen-bond donors (Lipinski definition) is 0. The third-order valence-electron chi connectivity index (χ3n) is 4.42. The van der Waals surface area contributed by atoms with E-state index in [0.29, 0.717) is 0 Å². The summed E-state index contributed by atoms with van der Waals surface area (Å²) >= 11 is 0. The minimum Gasteiger partial charge on any atom is -0.200 e. The Morgan fingerprint density at radius 3 is 2.32 bits per heavy atom. The third kappa shape index (κ3) is 1.98. The Balaban J connectivity index is 2.10. The van der Waals surface area contributed by atoms with Crippen molar-refractivity contribution in [2.45, 2.75) is 6.92 Å². The SMILES string of the molecule is Cc1ccccc1-c1cc2c(ccc3ccccc32)c[n+]1C. The molecule has 1 nitrogen and oxygen atoms in total. The summed E-state index contributed by atoms with van der Waals surface area (Å²) in [5.74, 6) is 0. The average molecular weight is 284 g/mol. The predicted molar refractivity (Wildman–Crippen MR) is 92.8 cm³/mol. The highest BCUT2D eigenvalue weighted by molar-refractivity contribution is 6.07. The molecule has 0 aliphatic heterocycles. The molecular formula is C21H18N+. The van der Waals surface area contributed by atoms with Gasteiger partial charge in [-0.2, -0.15) is 0 Å². The number of aromatic nitrogens is 1. The molecule has 22 heavy (non-hydrogen) atoms. The second-order valence-corrected chi connectivity index (χ2v) is 5.87. The van der Waals surface area contributed by atoms with Crippen LogP contribution in [0.4, 0.5) is 0 Å². The number of hydrogen-bond acceptors (Lipinski definition) is 0. The lowest BCUT2D eigenvalue weighted by atomic mass is 9.99. The summed E-state index contributed by atoms with van der Waals surface area (Å²) in [6, 6.07) is 23.9. The molecule has 0 aliphatic carbocycles. The molecule has 106 valence electrons. The summed E-state index contributed by atoms with van der Waals surface area (Å²) in [7, 11) is 2.12. The van der Waals surface area contributed by atoms with Crippen molar-refractivity contribution in [1.82, 2.24) is 0 Å². The van der Waals surface area contributed by atoms with Crippen LogP contribution >= 0.6 is 0 Å². The fraction of sp³-hybridized carbons (Fsp3) is 0.0952. The van der Waals surface area contributed by atoms with E-state index < -0.39 is 0 Å². The Hall–Kier alpha value is -2.67. The zero-order valence-electron chi connectivity index (χ0n) is 12.9. The molecule has 0 saturated carbocycles. The maximum absolute atomic E-state index is 2.32. The highest BCUT2D eigenvalue weighted by Crippen LogP contribution is 2.28. The predicted octanol–water partition coefficient (Wildman–Crippen LogP) is 4.79. The van der Waals surface area contributed by atoms with Crippen molar-refractivity contribution >= 4 is 21.5 Å². The molecular weight excluding hydrogens is 266 g/mol. The normalized spacial score (nSPS) is 11.2. The van der Waals surface area contributed by atoms with Crippen LogP contribution in [0.25, 0.3) is 32.8 Å². The maximum atomic E-state index is 2.32. The molecule has 0 unspecified atom stereocenters. The van der Waals surface area contributed by atoms with Crippen LogP contribution in [0.1, 0.15) is 5.56 Å². The Labute approximate surface area is 130 Å². The summed E-state index contributed by atoms with van der Waals surface area (Å²) in [4.78, 5) is 0. The van der Waals surface area contributed by atoms with Gasteiger partial charge in [0.1, 0.15) is 7.05 Å². The van der Waals surface area contributed by atoms with Crippen molar-refractivity contribution in [2.75, 3.05) is 0 Å². The lowest BCUT2D eigenvalue weighted by molar-refractivity contribution is -0.659. The van der Waals surface area contributed by atoms with Crippen molar-refractivity contribution in [3.05, 3.63) is 78.5 Å². The van der Waals surface area contributed by atoms with E-state index in [-0.39, 0.29) is 0 Å². The van der Waals surface area contributed by atoms with Crippen LogP contribution in [0.5, 0.6) is 0 Å². The van der Waals surface area contributed by atoms with Crippen LogP contribution in [0.3, 0.4) is 0 Å². The van der Waals surface area contributed by atoms with Crippen molar-refractivity contribution in [1.29, 1.82) is 0 Å². The van der Waals surface area contributed by atoms with Crippen molar-refractivity contribution in [3.8, 4) is 11.3 Å². The molecule has 0 bridgehead atoms. The first-order valence-corrected chi connectivity index (χ1v) is 7.61. The monoisotopic (exact) mass is 284 g/mol. The van der Waals surface area contributed by atoms with Gasteiger partial charge in [-0.15, -0.1) is 0 Å². The van der Waals surface area contributed by atoms with Gasteiger partial charge in [0.05, 0.1) is 0 Å². The van der Waals surface area contributed by atoms with Gasteiger partial charge in [-0.05, 0) is 35.4 Å². The molecule has 0 radical (unpaired) electrons. The summed E-state index contributed by atoms with van der Waals surface area (Å²) in [5.41, 5.74) is 3.85. The molecule has 4 aromatic rings. The number of pyridine rings is 1. The standard InChI is InChI=1S/C21H18N/c1-15-7-3-5-9-18(15)21-13-20-17(14-22(21)2)12-11-16-8-4-6-10-19(16)20/h3-14H,1-2H3/q+1. The van der Waals surface area contributed by atoms with E-state index >= 15 is 0 Å². The summed E-state index contributed by atoms with van der Waals surface area (Å²) in [6.07, 6.45) is 2.23. The first-order valence-electron chi connectivity index (χ1n) is 7.61. The summed E-state index contributed by atoms with van der Waals surface area (Å²) in [5, 5.41) is 5.20. The van der Waals surface area contributed by atoms with Crippen molar-refractivity contribution in [2.24, 2.45) is 7.05 Å². The van der Waals surface area contributed by atoms with Gasteiger partial charge in [0.25, 0.3) is 0 Å². The number of aryl methyl sites for hydroxylation is 2. The second kappa shape index (κ2) is 4.96. The fourth-order valence-electron chi connectivity index (χ4n) is 3.23. The Morgan fingerprint density at radius 1 is 0.727 bits per heavy atom. The largest absolute Gasteiger partial charge is 0.213 e. The van der Waals surface area contributed by atoms with Gasteiger partial charge >= 0.3 is 0 Å². The molecule has 0 saturated heterocycles. The lowest BCUT2D eigenvalue weighted by Crippen LogP contribution is -2.30. The zero-order valence-corrected chi connectivity index (χ0v) is 12.9. The highest BCUT2D eigenvalue weighted by atomic mass is 14.9. The van der Waals surface area contributed by atoms with Crippen molar-refractivity contribution < 1.29 is 4.57 Å². The summed E-state index contributed by atoms with van der Waals surface area (Å²) in [6.45, 7) is 2.17. The Bertz CT molecular complexity index is 999. The molecule has 0 amide bonds. The molecule has 1 heterocycles. The van der Waals surface area contributed by atoms with E-state index in [1.807, 2.05) is 0 Å². The second-order valence-electron chi connectivity index (χ2n) is 5.87. The van der Waals surface area contributed by atoms with Crippen LogP contribution in [0.2, 0.25) is 0 Å². The van der Waals surface area contributed by atoms with Gasteiger partial charge in [0, 0.05) is 22.4 Å². The molecule has 0 spiro atoms. The van der Waals surface area contributed by atoms with Gasteiger partial charge in [-0.3, -0.25) is 0 Å². The minimum atomic E-state index is 1.25. The smallest absolute Gasteiger partial charge is 0.200 e. The lowest BCUT2D eigenvalue weighted by Gasteiger charge is -2.08. The maximum Gasteiger partial charge on any atom is 0.213 e. The number of nitrogens with zero attached hydrogens (tertiary/aromatic N) is 1. The number of benzene rings is 3. The molecule has 0 aliphatic rings. The Kier molecular flexibility index (Phi) is 2.93. The quantitative estimate of drug-likeness (QED) is 0.349. The van der Waals surface area contributed by atoms with E-state index in [1.54, 1.807) is 0 Å². The van der Waals surface area contributed by atoms with E-state index in [1.165, 1.54) is 38.4 Å². The fourth-order valence-corrected chi connectivity index (χ4v) is 3.23. The third-order valence-corrected chi connectivity index (χ3v) is 4.42. The van der Waals surface area contributed by atoms with Gasteiger partial charge in [0.15, 0.2) is 6.20 Å². The molecule has 1 heteroatoms. The van der Waals surface area contributed by atoms with Crippen LogP contribution in [0, 0.1) is 6.92 Å². The van der Waals surface area contributed by atoms with Crippen molar-refractivity contribution in [3.63, 3.8) is 0 Å². The molecule has 4 rings (SSSR count). The van der Waals surface area contributed by atoms with Crippen LogP contribution < -0.4 is 4.57 Å². The number of rotatable bonds is 1. The Morgan fingerprint density at radius 2 is 1.45 bits per heavy atom. The highest BCUT2D eigenvalue weighted by Gasteiger charge is 2.14. The minimum absolute atomic E-state index is 1.25. The van der Waals surface area contributed by atoms with E-state index in [0.717, 1.165) is 0 Å². The van der Waals surface area contributed by atoms with Crippen LogP contribution in [-0.4, -0.2) is 0 Å². The molecule has 1 aromatic heterocycles. The van der Waals surface area contributed by atoms with Crippen LogP contribution in [0.15, 0.2) is 72.9 Å². The number of fused-ring (bicyclic) bond motifs is 3. The average Bonchev–Trinajstić information content (AvgIpc) is 2.55. The molecule has 0 fully saturated rings. The topological polar surface area (TPSA) is 3.88 Å². The van der Waals surface area contributed by atoms with Gasteiger partial charge in [0.2, 0.25) is 5.69 Å². The van der Waals surface area contributed by atoms with E-state index in [9.17, 15) is 0 Å². The molecule has 0 N–H and O–H groups in total. The first kappa shape index (κ1) is 13.0. The molecule has 0 atom stereocenters. The van der Waals surface area contributed by atoms with Gasteiger partial charge < -0.3 is 0 Å². The zero-order chi connectivity index (χ0) is 15.1.